The van der Waals surface area contributed by atoms with Gasteiger partial charge in [0.25, 0.3) is 0 Å². The highest BCUT2D eigenvalue weighted by atomic mass is 79.9. The summed E-state index contributed by atoms with van der Waals surface area (Å²) in [6.45, 7) is 0. The third kappa shape index (κ3) is 1.42. The molecule has 0 atom stereocenters. The second-order valence-electron chi connectivity index (χ2n) is 3.67. The van der Waals surface area contributed by atoms with Gasteiger partial charge in [0.15, 0.2) is 0 Å². The molecule has 1 fully saturated rings. The lowest BCUT2D eigenvalue weighted by Gasteiger charge is -2.42. The molecule has 1 nitrogen and oxygen atoms in total. The highest BCUT2D eigenvalue weighted by Gasteiger charge is 2.37. The molecule has 1 aliphatic rings. The average Bonchev–Trinajstić information content (AvgIpc) is 2.07. The van der Waals surface area contributed by atoms with E-state index in [1.807, 2.05) is 0 Å². The Hall–Kier alpha value is -0.340. The first-order chi connectivity index (χ1) is 6.28. The lowest BCUT2D eigenvalue weighted by atomic mass is 9.72. The summed E-state index contributed by atoms with van der Waals surface area (Å²) in [5.41, 5.74) is 1.66. The van der Waals surface area contributed by atoms with Crippen LogP contribution < -0.4 is 5.32 Å². The number of hydrogen-bond acceptors (Lipinski definition) is 1. The molecule has 1 aliphatic carbocycles. The molecular weight excluding hydrogens is 226 g/mol. The highest BCUT2D eigenvalue weighted by molar-refractivity contribution is 9.10. The summed E-state index contributed by atoms with van der Waals surface area (Å²) < 4.78 is 1.23. The number of rotatable bonds is 2. The summed E-state index contributed by atoms with van der Waals surface area (Å²) in [6.07, 6.45) is 3.85. The summed E-state index contributed by atoms with van der Waals surface area (Å²) in [4.78, 5) is 0. The minimum atomic E-state index is 0.250. The molecular formula is C11H14BrN. The predicted octanol–water partition coefficient (Wildman–Crippen LogP) is 3.05. The fourth-order valence-corrected chi connectivity index (χ4v) is 2.70. The van der Waals surface area contributed by atoms with Crippen LogP contribution in [0.1, 0.15) is 24.8 Å². The SMILES string of the molecule is CNC1(c2ccccc2Br)CCC1. The van der Waals surface area contributed by atoms with Gasteiger partial charge in [0.05, 0.1) is 0 Å². The van der Waals surface area contributed by atoms with Crippen LogP contribution in [0.2, 0.25) is 0 Å². The third-order valence-corrected chi connectivity index (χ3v) is 3.77. The van der Waals surface area contributed by atoms with Gasteiger partial charge < -0.3 is 5.32 Å². The molecule has 0 amide bonds. The van der Waals surface area contributed by atoms with E-state index in [0.29, 0.717) is 0 Å². The zero-order valence-corrected chi connectivity index (χ0v) is 9.39. The monoisotopic (exact) mass is 239 g/mol. The smallest absolute Gasteiger partial charge is 0.0443 e. The Morgan fingerprint density at radius 3 is 2.46 bits per heavy atom. The van der Waals surface area contributed by atoms with Crippen LogP contribution in [0.3, 0.4) is 0 Å². The van der Waals surface area contributed by atoms with Crippen molar-refractivity contribution in [3.05, 3.63) is 34.3 Å². The second kappa shape index (κ2) is 3.43. The van der Waals surface area contributed by atoms with Gasteiger partial charge in [-0.1, -0.05) is 34.1 Å². The largest absolute Gasteiger partial charge is 0.310 e. The zero-order valence-electron chi connectivity index (χ0n) is 7.81. The Labute approximate surface area is 87.7 Å². The zero-order chi connectivity index (χ0) is 9.31. The van der Waals surface area contributed by atoms with E-state index in [9.17, 15) is 0 Å². The van der Waals surface area contributed by atoms with E-state index < -0.39 is 0 Å². The van der Waals surface area contributed by atoms with E-state index >= 15 is 0 Å². The summed E-state index contributed by atoms with van der Waals surface area (Å²) in [5.74, 6) is 0. The molecule has 0 heterocycles. The van der Waals surface area contributed by atoms with Gasteiger partial charge in [-0.05, 0) is 37.9 Å². The molecule has 0 radical (unpaired) electrons. The molecule has 0 aromatic heterocycles. The lowest BCUT2D eigenvalue weighted by molar-refractivity contribution is 0.200. The molecule has 0 saturated heterocycles. The minimum absolute atomic E-state index is 0.250. The summed E-state index contributed by atoms with van der Waals surface area (Å²) in [5, 5.41) is 3.44. The maximum absolute atomic E-state index is 3.61. The van der Waals surface area contributed by atoms with Crippen molar-refractivity contribution in [2.75, 3.05) is 7.05 Å². The first kappa shape index (κ1) is 9.22. The Morgan fingerprint density at radius 2 is 2.00 bits per heavy atom. The predicted molar refractivity (Wildman–Crippen MR) is 58.7 cm³/mol. The van der Waals surface area contributed by atoms with Crippen molar-refractivity contribution in [2.45, 2.75) is 24.8 Å². The molecule has 0 spiro atoms. The molecule has 2 rings (SSSR count). The molecule has 1 N–H and O–H groups in total. The van der Waals surface area contributed by atoms with Crippen LogP contribution >= 0.6 is 15.9 Å². The van der Waals surface area contributed by atoms with Gasteiger partial charge in [-0.3, -0.25) is 0 Å². The Kier molecular flexibility index (Phi) is 2.43. The normalized spacial score (nSPS) is 19.5. The first-order valence-corrected chi connectivity index (χ1v) is 5.52. The van der Waals surface area contributed by atoms with Crippen molar-refractivity contribution in [1.29, 1.82) is 0 Å². The number of nitrogens with one attached hydrogen (secondary N) is 1. The summed E-state index contributed by atoms with van der Waals surface area (Å²) in [7, 11) is 2.05. The van der Waals surface area contributed by atoms with Crippen LogP contribution in [0.5, 0.6) is 0 Å². The molecule has 13 heavy (non-hydrogen) atoms. The Bertz CT molecular complexity index is 299. The van der Waals surface area contributed by atoms with Gasteiger partial charge in [-0.15, -0.1) is 0 Å². The van der Waals surface area contributed by atoms with Gasteiger partial charge in [0, 0.05) is 10.0 Å². The third-order valence-electron chi connectivity index (χ3n) is 3.08. The lowest BCUT2D eigenvalue weighted by Crippen LogP contribution is -2.46. The second-order valence-corrected chi connectivity index (χ2v) is 4.52. The molecule has 1 saturated carbocycles. The van der Waals surface area contributed by atoms with Crippen molar-refractivity contribution in [1.82, 2.24) is 5.32 Å². The number of benzene rings is 1. The van der Waals surface area contributed by atoms with E-state index in [1.165, 1.54) is 29.3 Å². The Morgan fingerprint density at radius 1 is 1.31 bits per heavy atom. The number of halogens is 1. The van der Waals surface area contributed by atoms with Crippen LogP contribution in [0, 0.1) is 0 Å². The topological polar surface area (TPSA) is 12.0 Å². The van der Waals surface area contributed by atoms with Gasteiger partial charge >= 0.3 is 0 Å². The first-order valence-electron chi connectivity index (χ1n) is 4.72. The quantitative estimate of drug-likeness (QED) is 0.837. The maximum atomic E-state index is 3.61. The van der Waals surface area contributed by atoms with Crippen LogP contribution in [-0.2, 0) is 5.54 Å². The fraction of sp³-hybridized carbons (Fsp3) is 0.455. The van der Waals surface area contributed by atoms with Gasteiger partial charge in [0.2, 0.25) is 0 Å². The van der Waals surface area contributed by atoms with Gasteiger partial charge in [-0.2, -0.15) is 0 Å². The van der Waals surface area contributed by atoms with E-state index in [2.05, 4.69) is 52.6 Å². The van der Waals surface area contributed by atoms with Crippen molar-refractivity contribution >= 4 is 15.9 Å². The van der Waals surface area contributed by atoms with Gasteiger partial charge in [0.1, 0.15) is 0 Å². The Balaban J connectivity index is 2.38. The van der Waals surface area contributed by atoms with E-state index in [-0.39, 0.29) is 5.54 Å². The molecule has 0 unspecified atom stereocenters. The average molecular weight is 240 g/mol. The van der Waals surface area contributed by atoms with Crippen LogP contribution in [0.4, 0.5) is 0 Å². The number of hydrogen-bond donors (Lipinski definition) is 1. The van der Waals surface area contributed by atoms with E-state index in [0.717, 1.165) is 0 Å². The standard InChI is InChI=1S/C11H14BrN/c1-13-11(7-4-8-11)9-5-2-3-6-10(9)12/h2-3,5-6,13H,4,7-8H2,1H3. The van der Waals surface area contributed by atoms with Crippen molar-refractivity contribution in [2.24, 2.45) is 0 Å². The molecule has 70 valence electrons. The molecule has 1 aromatic rings. The van der Waals surface area contributed by atoms with Crippen molar-refractivity contribution < 1.29 is 0 Å². The molecule has 2 heteroatoms. The fourth-order valence-electron chi connectivity index (χ4n) is 2.03. The van der Waals surface area contributed by atoms with Crippen LogP contribution in [0.25, 0.3) is 0 Å². The molecule has 1 aromatic carbocycles. The van der Waals surface area contributed by atoms with Crippen LogP contribution in [-0.4, -0.2) is 7.05 Å². The highest BCUT2D eigenvalue weighted by Crippen LogP contribution is 2.43. The maximum Gasteiger partial charge on any atom is 0.0443 e. The van der Waals surface area contributed by atoms with E-state index in [1.54, 1.807) is 0 Å². The molecule has 0 bridgehead atoms. The van der Waals surface area contributed by atoms with Crippen LogP contribution in [0.15, 0.2) is 28.7 Å². The van der Waals surface area contributed by atoms with Crippen molar-refractivity contribution in [3.63, 3.8) is 0 Å². The van der Waals surface area contributed by atoms with E-state index in [4.69, 9.17) is 0 Å². The molecule has 0 aliphatic heterocycles. The summed E-state index contributed by atoms with van der Waals surface area (Å²) in [6, 6.07) is 8.50. The minimum Gasteiger partial charge on any atom is -0.310 e. The summed E-state index contributed by atoms with van der Waals surface area (Å²) >= 11 is 3.61. The van der Waals surface area contributed by atoms with Gasteiger partial charge in [-0.25, -0.2) is 0 Å². The van der Waals surface area contributed by atoms with Crippen molar-refractivity contribution in [3.8, 4) is 0 Å².